The van der Waals surface area contributed by atoms with Gasteiger partial charge in [-0.15, -0.1) is 0 Å². The molecular weight excluding hydrogens is 488 g/mol. The molecule has 4 amide bonds. The fraction of sp³-hybridized carbons (Fsp3) is 0.429. The predicted molar refractivity (Wildman–Crippen MR) is 144 cm³/mol. The Morgan fingerprint density at radius 3 is 2.11 bits per heavy atom. The number of hydrogen-bond acceptors (Lipinski definition) is 6. The first-order chi connectivity index (χ1) is 17.6. The number of rotatable bonds is 9. The molecule has 0 aliphatic heterocycles. The van der Waals surface area contributed by atoms with E-state index in [4.69, 9.17) is 10.5 Å². The number of carbonyl (C=O) groups excluding carboxylic acids is 4. The van der Waals surface area contributed by atoms with Gasteiger partial charge in [0, 0.05) is 24.7 Å². The van der Waals surface area contributed by atoms with Gasteiger partial charge in [-0.2, -0.15) is 0 Å². The summed E-state index contributed by atoms with van der Waals surface area (Å²) in [5, 5.41) is 16.2. The molecule has 2 rings (SSSR count). The Hall–Kier alpha value is -4.08. The number of aromatic hydroxyl groups is 1. The third-order valence-electron chi connectivity index (χ3n) is 5.94. The molecule has 0 saturated carbocycles. The summed E-state index contributed by atoms with van der Waals surface area (Å²) in [6.07, 6.45) is -1.15. The topological polar surface area (TPSA) is 151 Å². The summed E-state index contributed by atoms with van der Waals surface area (Å²) in [5.74, 6) is -2.02. The molecule has 10 nitrogen and oxygen atoms in total. The number of nitrogens with zero attached hydrogens (tertiary/aromatic N) is 1. The molecule has 38 heavy (non-hydrogen) atoms. The lowest BCUT2D eigenvalue weighted by Crippen LogP contribution is -2.51. The lowest BCUT2D eigenvalue weighted by molar-refractivity contribution is -0.139. The van der Waals surface area contributed by atoms with Gasteiger partial charge >= 0.3 is 6.09 Å². The van der Waals surface area contributed by atoms with Crippen molar-refractivity contribution in [3.63, 3.8) is 0 Å². The molecule has 0 bridgehead atoms. The Bertz CT molecular complexity index is 1180. The second-order valence-corrected chi connectivity index (χ2v) is 10.3. The first-order valence-corrected chi connectivity index (χ1v) is 12.3. The molecule has 2 aromatic carbocycles. The van der Waals surface area contributed by atoms with Crippen molar-refractivity contribution in [3.8, 4) is 5.75 Å². The molecule has 0 aliphatic carbocycles. The van der Waals surface area contributed by atoms with Gasteiger partial charge in [0.15, 0.2) is 0 Å². The highest BCUT2D eigenvalue weighted by Crippen LogP contribution is 2.33. The summed E-state index contributed by atoms with van der Waals surface area (Å²) in [5.41, 5.74) is 7.43. The molecule has 0 fully saturated rings. The second-order valence-electron chi connectivity index (χ2n) is 10.3. The maximum Gasteiger partial charge on any atom is 0.408 e. The summed E-state index contributed by atoms with van der Waals surface area (Å²) in [6.45, 7) is 10.4. The van der Waals surface area contributed by atoms with Gasteiger partial charge < -0.3 is 31.1 Å². The van der Waals surface area contributed by atoms with Crippen LogP contribution in [0.1, 0.15) is 61.9 Å². The molecule has 2 aromatic rings. The molecule has 0 saturated heterocycles. The Labute approximate surface area is 223 Å². The number of nitrogens with two attached hydrogens (primary N) is 1. The van der Waals surface area contributed by atoms with E-state index in [1.165, 1.54) is 7.05 Å². The van der Waals surface area contributed by atoms with Gasteiger partial charge in [0.2, 0.25) is 11.8 Å². The number of primary amides is 1. The fourth-order valence-electron chi connectivity index (χ4n) is 4.00. The van der Waals surface area contributed by atoms with Gasteiger partial charge in [-0.3, -0.25) is 14.4 Å². The molecule has 0 aromatic heterocycles. The van der Waals surface area contributed by atoms with Crippen LogP contribution in [0.2, 0.25) is 0 Å². The van der Waals surface area contributed by atoms with E-state index in [0.29, 0.717) is 11.3 Å². The second kappa shape index (κ2) is 12.4. The van der Waals surface area contributed by atoms with Crippen LogP contribution in [0.5, 0.6) is 5.75 Å². The van der Waals surface area contributed by atoms with E-state index in [9.17, 15) is 24.3 Å². The number of likely N-dealkylation sites (N-methyl/N-ethyl adjacent to an activating group) is 1. The fourth-order valence-corrected chi connectivity index (χ4v) is 4.00. The van der Waals surface area contributed by atoms with Crippen molar-refractivity contribution in [2.75, 3.05) is 12.4 Å². The average molecular weight is 527 g/mol. The maximum atomic E-state index is 13.7. The molecule has 2 unspecified atom stereocenters. The van der Waals surface area contributed by atoms with Crippen LogP contribution in [0.15, 0.2) is 36.4 Å². The number of carbonyl (C=O) groups is 4. The van der Waals surface area contributed by atoms with Gasteiger partial charge in [0.05, 0.1) is 0 Å². The van der Waals surface area contributed by atoms with Gasteiger partial charge in [-0.25, -0.2) is 4.79 Å². The van der Waals surface area contributed by atoms with Crippen molar-refractivity contribution in [1.29, 1.82) is 0 Å². The van der Waals surface area contributed by atoms with Crippen LogP contribution in [0.3, 0.4) is 0 Å². The van der Waals surface area contributed by atoms with Crippen molar-refractivity contribution in [1.82, 2.24) is 10.2 Å². The minimum Gasteiger partial charge on any atom is -0.507 e. The Kier molecular flexibility index (Phi) is 9.87. The van der Waals surface area contributed by atoms with E-state index in [1.807, 2.05) is 32.0 Å². The largest absolute Gasteiger partial charge is 0.507 e. The molecule has 5 N–H and O–H groups in total. The lowest BCUT2D eigenvalue weighted by Gasteiger charge is -2.32. The standard InChI is InChI=1S/C28H38N4O6/c1-16-10-8-11-17(2)22(16)31-25(35)23(19-13-9-12-18(3)24(19)34)32(7)26(36)20(14-15-21(29)33)30-27(37)38-28(4,5)6/h8-13,20,23,34H,14-15H2,1-7H3,(H2,29,33)(H,30,37)(H,31,35). The van der Waals surface area contributed by atoms with Crippen molar-refractivity contribution in [2.45, 2.75) is 72.1 Å². The third kappa shape index (κ3) is 7.96. The zero-order chi connectivity index (χ0) is 28.8. The number of para-hydroxylation sites is 2. The highest BCUT2D eigenvalue weighted by molar-refractivity contribution is 6.00. The monoisotopic (exact) mass is 526 g/mol. The number of phenolic OH excluding ortho intramolecular Hbond substituents is 1. The van der Waals surface area contributed by atoms with Gasteiger partial charge in [0.25, 0.3) is 5.91 Å². The highest BCUT2D eigenvalue weighted by atomic mass is 16.6. The van der Waals surface area contributed by atoms with Crippen molar-refractivity contribution in [3.05, 3.63) is 58.7 Å². The van der Waals surface area contributed by atoms with Gasteiger partial charge in [-0.05, 0) is 64.7 Å². The number of benzene rings is 2. The molecule has 0 radical (unpaired) electrons. The van der Waals surface area contributed by atoms with Crippen molar-refractivity contribution < 1.29 is 29.0 Å². The van der Waals surface area contributed by atoms with Crippen LogP contribution < -0.4 is 16.4 Å². The van der Waals surface area contributed by atoms with Crippen LogP contribution in [0.4, 0.5) is 10.5 Å². The Balaban J connectivity index is 2.49. The van der Waals surface area contributed by atoms with E-state index in [0.717, 1.165) is 16.0 Å². The quantitative estimate of drug-likeness (QED) is 0.392. The zero-order valence-corrected chi connectivity index (χ0v) is 23.0. The van der Waals surface area contributed by atoms with Gasteiger partial charge in [0.1, 0.15) is 23.4 Å². The molecule has 0 spiro atoms. The van der Waals surface area contributed by atoms with Crippen LogP contribution >= 0.6 is 0 Å². The third-order valence-corrected chi connectivity index (χ3v) is 5.94. The summed E-state index contributed by atoms with van der Waals surface area (Å²) >= 11 is 0. The van der Waals surface area contributed by atoms with E-state index >= 15 is 0 Å². The van der Waals surface area contributed by atoms with Crippen molar-refractivity contribution in [2.24, 2.45) is 5.73 Å². The average Bonchev–Trinajstić information content (AvgIpc) is 2.80. The maximum absolute atomic E-state index is 13.7. The molecular formula is C28H38N4O6. The number of nitrogens with one attached hydrogen (secondary N) is 2. The normalized spacial score (nSPS) is 12.7. The van der Waals surface area contributed by atoms with Gasteiger partial charge in [-0.1, -0.05) is 36.4 Å². The van der Waals surface area contributed by atoms with E-state index < -0.39 is 41.5 Å². The van der Waals surface area contributed by atoms with Crippen LogP contribution in [-0.2, 0) is 19.1 Å². The van der Waals surface area contributed by atoms with Crippen LogP contribution in [0, 0.1) is 20.8 Å². The summed E-state index contributed by atoms with van der Waals surface area (Å²) < 4.78 is 5.28. The van der Waals surface area contributed by atoms with E-state index in [1.54, 1.807) is 45.9 Å². The van der Waals surface area contributed by atoms with Crippen LogP contribution in [-0.4, -0.2) is 52.5 Å². The SMILES string of the molecule is Cc1cccc(C(C(=O)Nc2c(C)cccc2C)N(C)C(=O)C(CCC(N)=O)NC(=O)OC(C)(C)C)c1O. The first-order valence-electron chi connectivity index (χ1n) is 12.3. The molecule has 10 heteroatoms. The minimum absolute atomic E-state index is 0.108. The number of hydrogen-bond donors (Lipinski definition) is 4. The number of amides is 4. The summed E-state index contributed by atoms with van der Waals surface area (Å²) in [6, 6.07) is 7.99. The molecule has 2 atom stereocenters. The number of anilines is 1. The van der Waals surface area contributed by atoms with Crippen LogP contribution in [0.25, 0.3) is 0 Å². The molecule has 206 valence electrons. The predicted octanol–water partition coefficient (Wildman–Crippen LogP) is 3.61. The van der Waals surface area contributed by atoms with Crippen molar-refractivity contribution >= 4 is 29.5 Å². The molecule has 0 heterocycles. The summed E-state index contributed by atoms with van der Waals surface area (Å²) in [7, 11) is 1.40. The first kappa shape index (κ1) is 30.1. The number of alkyl carbamates (subject to hydrolysis) is 1. The summed E-state index contributed by atoms with van der Waals surface area (Å²) in [4.78, 5) is 52.5. The zero-order valence-electron chi connectivity index (χ0n) is 23.0. The Morgan fingerprint density at radius 1 is 1.00 bits per heavy atom. The highest BCUT2D eigenvalue weighted by Gasteiger charge is 2.36. The minimum atomic E-state index is -1.27. The number of aryl methyl sites for hydroxylation is 3. The number of ether oxygens (including phenoxy) is 1. The van der Waals surface area contributed by atoms with E-state index in [2.05, 4.69) is 10.6 Å². The van der Waals surface area contributed by atoms with E-state index in [-0.39, 0.29) is 24.2 Å². The lowest BCUT2D eigenvalue weighted by atomic mass is 9.98. The smallest absolute Gasteiger partial charge is 0.408 e. The number of phenols is 1. The Morgan fingerprint density at radius 2 is 1.55 bits per heavy atom. The molecule has 0 aliphatic rings.